The Morgan fingerprint density at radius 3 is 1.24 bits per heavy atom. The molecule has 0 aliphatic carbocycles. The Bertz CT molecular complexity index is 1130. The van der Waals surface area contributed by atoms with Gasteiger partial charge in [0.25, 0.3) is 0 Å². The van der Waals surface area contributed by atoms with E-state index in [9.17, 15) is 19.4 Å². The summed E-state index contributed by atoms with van der Waals surface area (Å²) in [5.74, 6) is -0.143. The molecule has 66 heavy (non-hydrogen) atoms. The Hall–Kier alpha value is -1.02. The predicted molar refractivity (Wildman–Crippen MR) is 286 cm³/mol. The molecule has 0 rings (SSSR count). The third-order valence-corrected chi connectivity index (χ3v) is 14.2. The third-order valence-electron chi connectivity index (χ3n) is 13.2. The Labute approximate surface area is 411 Å². The van der Waals surface area contributed by atoms with Gasteiger partial charge in [0.15, 0.2) is 0 Å². The van der Waals surface area contributed by atoms with Crippen LogP contribution in [0, 0.1) is 0 Å². The Kier molecular flexibility index (Phi) is 48.2. The SMILES string of the molecule is CCCCCCCCCCC/C=C\C/C=C\CCCCCCCCCCCCCC(=O)NC(COP(=O)(O)OCC[N+](C)(C)C)C(O)CCCCCCCCCCCCCCCCCCC. The molecule has 3 atom stereocenters. The number of unbranched alkanes of at least 4 members (excludes halogenated alkanes) is 36. The molecule has 0 saturated carbocycles. The number of carbonyl (C=O) groups is 1. The predicted octanol–water partition coefficient (Wildman–Crippen LogP) is 17.2. The number of aliphatic hydroxyl groups excluding tert-OH is 1. The number of phosphoric ester groups is 1. The number of phosphoric acid groups is 1. The zero-order chi connectivity index (χ0) is 48.5. The van der Waals surface area contributed by atoms with Crippen LogP contribution in [0.2, 0.25) is 0 Å². The fourth-order valence-corrected chi connectivity index (χ4v) is 9.40. The van der Waals surface area contributed by atoms with Crippen LogP contribution in [0.3, 0.4) is 0 Å². The molecule has 8 nitrogen and oxygen atoms in total. The third kappa shape index (κ3) is 50.8. The van der Waals surface area contributed by atoms with Crippen LogP contribution in [0.15, 0.2) is 24.3 Å². The van der Waals surface area contributed by atoms with Gasteiger partial charge in [-0.25, -0.2) is 4.57 Å². The molecule has 0 spiro atoms. The van der Waals surface area contributed by atoms with E-state index in [1.807, 2.05) is 21.1 Å². The number of aliphatic hydroxyl groups is 1. The largest absolute Gasteiger partial charge is 0.472 e. The minimum atomic E-state index is -4.32. The van der Waals surface area contributed by atoms with Crippen LogP contribution in [0.1, 0.15) is 284 Å². The average Bonchev–Trinajstić information content (AvgIpc) is 3.28. The summed E-state index contributed by atoms with van der Waals surface area (Å²) < 4.78 is 23.8. The zero-order valence-corrected chi connectivity index (χ0v) is 45.6. The van der Waals surface area contributed by atoms with E-state index in [1.54, 1.807) is 0 Å². The maximum absolute atomic E-state index is 13.0. The second-order valence-corrected chi connectivity index (χ2v) is 22.5. The van der Waals surface area contributed by atoms with Crippen molar-refractivity contribution >= 4 is 13.7 Å². The summed E-state index contributed by atoms with van der Waals surface area (Å²) in [4.78, 5) is 23.3. The summed E-state index contributed by atoms with van der Waals surface area (Å²) in [5, 5.41) is 14.1. The lowest BCUT2D eigenvalue weighted by Gasteiger charge is -2.26. The first-order valence-electron chi connectivity index (χ1n) is 28.7. The Balaban J connectivity index is 4.13. The number of likely N-dealkylation sites (N-methyl/N-ethyl adjacent to an activating group) is 1. The van der Waals surface area contributed by atoms with Gasteiger partial charge in [0.2, 0.25) is 5.91 Å². The van der Waals surface area contributed by atoms with Crippen LogP contribution in [0.5, 0.6) is 0 Å². The summed E-state index contributed by atoms with van der Waals surface area (Å²) in [6, 6.07) is -0.760. The first-order chi connectivity index (χ1) is 32.0. The highest BCUT2D eigenvalue weighted by molar-refractivity contribution is 7.47. The minimum absolute atomic E-state index is 0.0756. The van der Waals surface area contributed by atoms with Gasteiger partial charge in [0.05, 0.1) is 39.9 Å². The summed E-state index contributed by atoms with van der Waals surface area (Å²) in [5.41, 5.74) is 0. The monoisotopic (exact) mass is 954 g/mol. The zero-order valence-electron chi connectivity index (χ0n) is 44.7. The number of hydrogen-bond donors (Lipinski definition) is 3. The van der Waals surface area contributed by atoms with Crippen molar-refractivity contribution in [2.45, 2.75) is 296 Å². The summed E-state index contributed by atoms with van der Waals surface area (Å²) >= 11 is 0. The molecule has 0 aliphatic rings. The number of nitrogens with one attached hydrogen (secondary N) is 1. The number of rotatable bonds is 53. The van der Waals surface area contributed by atoms with Crippen LogP contribution in [-0.2, 0) is 18.4 Å². The van der Waals surface area contributed by atoms with Crippen molar-refractivity contribution in [2.75, 3.05) is 40.9 Å². The molecular formula is C57H114N2O6P+. The molecule has 9 heteroatoms. The first-order valence-corrected chi connectivity index (χ1v) is 30.2. The second-order valence-electron chi connectivity index (χ2n) is 21.0. The van der Waals surface area contributed by atoms with Crippen molar-refractivity contribution in [3.05, 3.63) is 24.3 Å². The molecule has 0 fully saturated rings. The molecule has 0 aliphatic heterocycles. The summed E-state index contributed by atoms with van der Waals surface area (Å²) in [7, 11) is 1.62. The number of quaternary nitrogens is 1. The highest BCUT2D eigenvalue weighted by Crippen LogP contribution is 2.43. The number of carbonyl (C=O) groups excluding carboxylic acids is 1. The van der Waals surface area contributed by atoms with Crippen LogP contribution < -0.4 is 5.32 Å². The highest BCUT2D eigenvalue weighted by atomic mass is 31.2. The molecule has 3 N–H and O–H groups in total. The van der Waals surface area contributed by atoms with Crippen LogP contribution >= 0.6 is 7.82 Å². The first kappa shape index (κ1) is 65.0. The average molecular weight is 955 g/mol. The summed E-state index contributed by atoms with van der Waals surface area (Å²) in [6.45, 7) is 4.92. The van der Waals surface area contributed by atoms with Crippen molar-refractivity contribution in [2.24, 2.45) is 0 Å². The molecule has 0 aromatic rings. The van der Waals surface area contributed by atoms with E-state index in [-0.39, 0.29) is 19.1 Å². The molecular weight excluding hydrogens is 840 g/mol. The van der Waals surface area contributed by atoms with Gasteiger partial charge in [-0.05, 0) is 44.9 Å². The molecule has 0 bridgehead atoms. The molecule has 0 heterocycles. The van der Waals surface area contributed by atoms with Crippen molar-refractivity contribution < 1.29 is 32.9 Å². The van der Waals surface area contributed by atoms with Gasteiger partial charge in [-0.1, -0.05) is 256 Å². The number of nitrogens with zero attached hydrogens (tertiary/aromatic N) is 1. The maximum atomic E-state index is 13.0. The standard InChI is InChI=1S/C57H113N2O6P/c1-6-8-10-12-14-16-18-20-22-24-25-26-27-28-29-30-31-32-33-35-37-39-41-43-45-47-49-51-57(61)58-55(54-65-66(62,63)64-53-52-59(3,4)5)56(60)50-48-46-44-42-40-38-36-34-23-21-19-17-15-13-11-9-7-2/h25-26,28-29,55-56,60H,6-24,27,30-54H2,1-5H3,(H-,58,61,62,63)/p+1/b26-25-,29-28-. The lowest BCUT2D eigenvalue weighted by atomic mass is 10.0. The minimum Gasteiger partial charge on any atom is -0.391 e. The molecule has 0 aromatic carbocycles. The lowest BCUT2D eigenvalue weighted by Crippen LogP contribution is -2.46. The van der Waals surface area contributed by atoms with Crippen molar-refractivity contribution in [3.63, 3.8) is 0 Å². The molecule has 1 amide bonds. The van der Waals surface area contributed by atoms with Gasteiger partial charge in [0.1, 0.15) is 13.2 Å². The van der Waals surface area contributed by atoms with E-state index in [4.69, 9.17) is 9.05 Å². The highest BCUT2D eigenvalue weighted by Gasteiger charge is 2.28. The number of hydrogen-bond acceptors (Lipinski definition) is 5. The van der Waals surface area contributed by atoms with Crippen LogP contribution in [-0.4, -0.2) is 73.4 Å². The van der Waals surface area contributed by atoms with Gasteiger partial charge in [-0.2, -0.15) is 0 Å². The fraction of sp³-hybridized carbons (Fsp3) is 0.912. The molecule has 3 unspecified atom stereocenters. The second kappa shape index (κ2) is 49.0. The molecule has 0 radical (unpaired) electrons. The Morgan fingerprint density at radius 1 is 0.515 bits per heavy atom. The van der Waals surface area contributed by atoms with E-state index < -0.39 is 20.0 Å². The van der Waals surface area contributed by atoms with Crippen molar-refractivity contribution in [3.8, 4) is 0 Å². The number of allylic oxidation sites excluding steroid dienone is 4. The van der Waals surface area contributed by atoms with Gasteiger partial charge in [0, 0.05) is 6.42 Å². The molecule has 392 valence electrons. The number of amides is 1. The van der Waals surface area contributed by atoms with E-state index in [0.717, 1.165) is 44.9 Å². The van der Waals surface area contributed by atoms with E-state index in [2.05, 4.69) is 43.5 Å². The van der Waals surface area contributed by atoms with Gasteiger partial charge in [-0.3, -0.25) is 13.8 Å². The van der Waals surface area contributed by atoms with E-state index in [0.29, 0.717) is 23.9 Å². The van der Waals surface area contributed by atoms with Crippen molar-refractivity contribution in [1.29, 1.82) is 0 Å². The smallest absolute Gasteiger partial charge is 0.391 e. The normalized spacial score (nSPS) is 14.1. The fourth-order valence-electron chi connectivity index (χ4n) is 8.67. The maximum Gasteiger partial charge on any atom is 0.472 e. The summed E-state index contributed by atoms with van der Waals surface area (Å²) in [6.07, 6.45) is 60.9. The van der Waals surface area contributed by atoms with E-state index >= 15 is 0 Å². The van der Waals surface area contributed by atoms with Gasteiger partial charge >= 0.3 is 7.82 Å². The molecule has 0 saturated heterocycles. The van der Waals surface area contributed by atoms with Crippen molar-refractivity contribution in [1.82, 2.24) is 5.32 Å². The topological polar surface area (TPSA) is 105 Å². The van der Waals surface area contributed by atoms with Crippen LogP contribution in [0.4, 0.5) is 0 Å². The van der Waals surface area contributed by atoms with Crippen LogP contribution in [0.25, 0.3) is 0 Å². The Morgan fingerprint density at radius 2 is 0.864 bits per heavy atom. The van der Waals surface area contributed by atoms with E-state index in [1.165, 1.54) is 212 Å². The quantitative estimate of drug-likeness (QED) is 0.0243. The van der Waals surface area contributed by atoms with Gasteiger partial charge in [-0.15, -0.1) is 0 Å². The van der Waals surface area contributed by atoms with Gasteiger partial charge < -0.3 is 19.8 Å². The molecule has 0 aromatic heterocycles. The lowest BCUT2D eigenvalue weighted by molar-refractivity contribution is -0.870.